The van der Waals surface area contributed by atoms with Crippen LogP contribution in [0.25, 0.3) is 0 Å². The Kier molecular flexibility index (Phi) is 12.4. The molecule has 1 fully saturated rings. The van der Waals surface area contributed by atoms with Crippen molar-refractivity contribution in [2.24, 2.45) is 5.92 Å². The molecule has 1 aromatic heterocycles. The molecule has 2 aliphatic heterocycles. The van der Waals surface area contributed by atoms with Crippen molar-refractivity contribution in [3.63, 3.8) is 0 Å². The zero-order valence-corrected chi connectivity index (χ0v) is 21.6. The second kappa shape index (κ2) is 15.0. The first-order valence-corrected chi connectivity index (χ1v) is 12.2. The molecule has 2 aromatic rings. The average molecular weight is 584 g/mol. The van der Waals surface area contributed by atoms with Crippen molar-refractivity contribution in [2.75, 3.05) is 33.5 Å². The van der Waals surface area contributed by atoms with Gasteiger partial charge in [-0.2, -0.15) is 31.4 Å². The zero-order valence-electron chi connectivity index (χ0n) is 21.6. The number of aliphatic carboxylic acids is 2. The van der Waals surface area contributed by atoms with E-state index < -0.39 is 24.3 Å². The lowest BCUT2D eigenvalue weighted by Gasteiger charge is -2.36. The first kappa shape index (κ1) is 33.0. The Morgan fingerprint density at radius 2 is 1.57 bits per heavy atom. The number of methoxy groups -OCH3 is 1. The Morgan fingerprint density at radius 3 is 2.08 bits per heavy atom. The van der Waals surface area contributed by atoms with Crippen LogP contribution in [-0.2, 0) is 38.6 Å². The molecule has 0 radical (unpaired) electrons. The van der Waals surface area contributed by atoms with E-state index in [2.05, 4.69) is 46.1 Å². The van der Waals surface area contributed by atoms with Gasteiger partial charge in [-0.05, 0) is 36.3 Å². The number of benzene rings is 1. The molecule has 2 aliphatic rings. The van der Waals surface area contributed by atoms with E-state index in [1.54, 1.807) is 7.11 Å². The third-order valence-electron chi connectivity index (χ3n) is 6.19. The minimum atomic E-state index is -5.08. The molecule has 1 unspecified atom stereocenters. The fourth-order valence-corrected chi connectivity index (χ4v) is 4.27. The summed E-state index contributed by atoms with van der Waals surface area (Å²) in [6, 6.07) is 11.0. The van der Waals surface area contributed by atoms with E-state index in [0.717, 1.165) is 52.1 Å². The van der Waals surface area contributed by atoms with Crippen molar-refractivity contribution in [3.05, 3.63) is 53.3 Å². The fourth-order valence-electron chi connectivity index (χ4n) is 4.27. The molecule has 1 atom stereocenters. The Balaban J connectivity index is 0.000000333. The van der Waals surface area contributed by atoms with Crippen LogP contribution in [0.2, 0.25) is 0 Å². The summed E-state index contributed by atoms with van der Waals surface area (Å²) >= 11 is 0. The summed E-state index contributed by atoms with van der Waals surface area (Å²) in [6.07, 6.45) is -4.75. The Labute approximate surface area is 226 Å². The standard InChI is InChI=1S/C21H29N3O2.2C2HF3O2/c1-25-16-20-21-19(7-10-23(20)14-17-5-3-2-4-6-17)13-22-24(21)15-18-8-11-26-12-9-18;2*3-2(4,5)1(6)7/h2-6,13,18,20H,7-12,14-16H2,1H3;2*(H,6,7). The number of aromatic nitrogens is 2. The Bertz CT molecular complexity index is 1050. The molecule has 0 spiro atoms. The van der Waals surface area contributed by atoms with Gasteiger partial charge in [0.05, 0.1) is 24.5 Å². The fraction of sp³-hybridized carbons (Fsp3) is 0.560. The van der Waals surface area contributed by atoms with Crippen molar-refractivity contribution in [1.82, 2.24) is 14.7 Å². The van der Waals surface area contributed by atoms with Crippen LogP contribution in [0.5, 0.6) is 0 Å². The van der Waals surface area contributed by atoms with Gasteiger partial charge in [-0.1, -0.05) is 30.3 Å². The van der Waals surface area contributed by atoms with Gasteiger partial charge in [0, 0.05) is 40.0 Å². The van der Waals surface area contributed by atoms with Gasteiger partial charge in [0.25, 0.3) is 0 Å². The number of fused-ring (bicyclic) bond motifs is 1. The Hall–Kier alpha value is -3.17. The minimum Gasteiger partial charge on any atom is -0.475 e. The number of hydrogen-bond donors (Lipinski definition) is 2. The molecular weight excluding hydrogens is 552 g/mol. The highest BCUT2D eigenvalue weighted by Gasteiger charge is 2.39. The van der Waals surface area contributed by atoms with Crippen LogP contribution in [0.1, 0.15) is 35.7 Å². The highest BCUT2D eigenvalue weighted by molar-refractivity contribution is 5.73. The van der Waals surface area contributed by atoms with E-state index in [1.807, 2.05) is 0 Å². The SMILES string of the molecule is COCC1c2c(cnn2CC2CCOCC2)CCN1Cc1ccccc1.O=C(O)C(F)(F)F.O=C(O)C(F)(F)F. The van der Waals surface area contributed by atoms with Gasteiger partial charge in [0.2, 0.25) is 0 Å². The minimum absolute atomic E-state index is 0.270. The number of alkyl halides is 6. The molecule has 1 saturated heterocycles. The number of carbonyl (C=O) groups is 2. The summed E-state index contributed by atoms with van der Waals surface area (Å²) in [5, 5.41) is 19.0. The van der Waals surface area contributed by atoms with Crippen molar-refractivity contribution in [3.8, 4) is 0 Å². The van der Waals surface area contributed by atoms with Crippen molar-refractivity contribution >= 4 is 11.9 Å². The number of halogens is 6. The predicted octanol–water partition coefficient (Wildman–Crippen LogP) is 4.32. The molecule has 0 aliphatic carbocycles. The molecule has 0 amide bonds. The molecule has 15 heteroatoms. The summed E-state index contributed by atoms with van der Waals surface area (Å²) in [5.41, 5.74) is 4.11. The number of hydrogen-bond acceptors (Lipinski definition) is 6. The van der Waals surface area contributed by atoms with E-state index in [0.29, 0.717) is 12.5 Å². The van der Waals surface area contributed by atoms with E-state index in [9.17, 15) is 26.3 Å². The van der Waals surface area contributed by atoms with Gasteiger partial charge in [0.15, 0.2) is 0 Å². The first-order chi connectivity index (χ1) is 18.7. The lowest BCUT2D eigenvalue weighted by atomic mass is 9.97. The third-order valence-corrected chi connectivity index (χ3v) is 6.19. The maximum atomic E-state index is 10.6. The first-order valence-electron chi connectivity index (χ1n) is 12.2. The average Bonchev–Trinajstić information content (AvgIpc) is 3.29. The highest BCUT2D eigenvalue weighted by Crippen LogP contribution is 2.32. The van der Waals surface area contributed by atoms with E-state index in [4.69, 9.17) is 34.4 Å². The molecule has 9 nitrogen and oxygen atoms in total. The summed E-state index contributed by atoms with van der Waals surface area (Å²) in [4.78, 5) is 20.3. The van der Waals surface area contributed by atoms with Crippen molar-refractivity contribution in [1.29, 1.82) is 0 Å². The normalized spacial score (nSPS) is 18.0. The number of nitrogens with zero attached hydrogens (tertiary/aromatic N) is 3. The van der Waals surface area contributed by atoms with Crippen LogP contribution in [0, 0.1) is 5.92 Å². The van der Waals surface area contributed by atoms with Crippen LogP contribution in [0.3, 0.4) is 0 Å². The quantitative estimate of drug-likeness (QED) is 0.484. The maximum absolute atomic E-state index is 10.6. The van der Waals surface area contributed by atoms with Crippen LogP contribution in [-0.4, -0.2) is 82.7 Å². The Morgan fingerprint density at radius 1 is 1.02 bits per heavy atom. The van der Waals surface area contributed by atoms with Gasteiger partial charge < -0.3 is 19.7 Å². The predicted molar refractivity (Wildman–Crippen MR) is 128 cm³/mol. The molecule has 2 N–H and O–H groups in total. The lowest BCUT2D eigenvalue weighted by Crippen LogP contribution is -2.38. The highest BCUT2D eigenvalue weighted by atomic mass is 19.4. The largest absolute Gasteiger partial charge is 0.490 e. The smallest absolute Gasteiger partial charge is 0.475 e. The summed E-state index contributed by atoms with van der Waals surface area (Å²) in [6.45, 7) is 5.48. The molecular formula is C25H31F6N3O6. The molecule has 40 heavy (non-hydrogen) atoms. The van der Waals surface area contributed by atoms with Gasteiger partial charge in [-0.3, -0.25) is 9.58 Å². The number of ether oxygens (including phenoxy) is 2. The number of carboxylic acid groups (broad SMARTS) is 2. The van der Waals surface area contributed by atoms with E-state index >= 15 is 0 Å². The number of carboxylic acids is 2. The topological polar surface area (TPSA) is 114 Å². The monoisotopic (exact) mass is 583 g/mol. The summed E-state index contributed by atoms with van der Waals surface area (Å²) in [5.74, 6) is -4.85. The van der Waals surface area contributed by atoms with Crippen LogP contribution < -0.4 is 0 Å². The summed E-state index contributed by atoms with van der Waals surface area (Å²) < 4.78 is 76.9. The van der Waals surface area contributed by atoms with Crippen LogP contribution >= 0.6 is 0 Å². The van der Waals surface area contributed by atoms with Gasteiger partial charge in [-0.15, -0.1) is 0 Å². The van der Waals surface area contributed by atoms with E-state index in [1.165, 1.54) is 16.8 Å². The molecule has 1 aromatic carbocycles. The zero-order chi connectivity index (χ0) is 29.9. The van der Waals surface area contributed by atoms with E-state index in [-0.39, 0.29) is 6.04 Å². The molecule has 0 bridgehead atoms. The van der Waals surface area contributed by atoms with Gasteiger partial charge in [0.1, 0.15) is 0 Å². The van der Waals surface area contributed by atoms with Gasteiger partial charge >= 0.3 is 24.3 Å². The van der Waals surface area contributed by atoms with Gasteiger partial charge in [-0.25, -0.2) is 9.59 Å². The van der Waals surface area contributed by atoms with Crippen LogP contribution in [0.15, 0.2) is 36.5 Å². The summed E-state index contributed by atoms with van der Waals surface area (Å²) in [7, 11) is 1.80. The molecule has 0 saturated carbocycles. The molecule has 4 rings (SSSR count). The molecule has 224 valence electrons. The second-order valence-corrected chi connectivity index (χ2v) is 9.08. The third kappa shape index (κ3) is 10.4. The van der Waals surface area contributed by atoms with Crippen molar-refractivity contribution < 1.29 is 55.6 Å². The number of rotatable bonds is 6. The molecule has 3 heterocycles. The van der Waals surface area contributed by atoms with Crippen LogP contribution in [0.4, 0.5) is 26.3 Å². The second-order valence-electron chi connectivity index (χ2n) is 9.08. The maximum Gasteiger partial charge on any atom is 0.490 e. The lowest BCUT2D eigenvalue weighted by molar-refractivity contribution is -0.193. The van der Waals surface area contributed by atoms with Crippen molar-refractivity contribution in [2.45, 2.75) is 50.7 Å².